The minimum Gasteiger partial charge on any atom is -0.446 e. The van der Waals surface area contributed by atoms with Crippen molar-refractivity contribution in [2.45, 2.75) is 95.2 Å². The molecule has 8 nitrogen and oxygen atoms in total. The molecule has 1 spiro atoms. The molecule has 8 heteroatoms. The van der Waals surface area contributed by atoms with Gasteiger partial charge in [0.05, 0.1) is 0 Å². The molecule has 0 aromatic heterocycles. The Kier molecular flexibility index (Phi) is 9.83. The zero-order valence-corrected chi connectivity index (χ0v) is 22.4. The van der Waals surface area contributed by atoms with Gasteiger partial charge >= 0.3 is 6.09 Å². The number of carbonyl (C=O) groups is 3. The number of piperidine rings is 1. The van der Waals surface area contributed by atoms with Gasteiger partial charge in [-0.1, -0.05) is 37.3 Å². The van der Waals surface area contributed by atoms with Gasteiger partial charge in [-0.15, -0.1) is 0 Å². The molecule has 0 unspecified atom stereocenters. The molecular formula is C29H44N4O4. The maximum Gasteiger partial charge on any atom is 0.407 e. The van der Waals surface area contributed by atoms with E-state index >= 15 is 0 Å². The lowest BCUT2D eigenvalue weighted by molar-refractivity contribution is -0.161. The number of amides is 3. The first-order valence-corrected chi connectivity index (χ1v) is 14.3. The summed E-state index contributed by atoms with van der Waals surface area (Å²) in [4.78, 5) is 43.2. The molecule has 1 aromatic rings. The predicted octanol–water partition coefficient (Wildman–Crippen LogP) is 3.64. The summed E-state index contributed by atoms with van der Waals surface area (Å²) in [6, 6.07) is 10.00. The lowest BCUT2D eigenvalue weighted by Crippen LogP contribution is -2.72. The molecule has 2 heterocycles. The summed E-state index contributed by atoms with van der Waals surface area (Å²) >= 11 is 0. The van der Waals surface area contributed by atoms with E-state index in [1.807, 2.05) is 11.0 Å². The summed E-state index contributed by atoms with van der Waals surface area (Å²) in [6.45, 7) is 5.80. The number of carbonyl (C=O) groups excluding carboxylic acids is 3. The fraction of sp³-hybridized carbons (Fsp3) is 0.690. The van der Waals surface area contributed by atoms with Gasteiger partial charge in [0.15, 0.2) is 0 Å². The number of hydrogen-bond donors (Lipinski definition) is 2. The molecule has 37 heavy (non-hydrogen) atoms. The van der Waals surface area contributed by atoms with E-state index < -0.39 is 11.6 Å². The lowest BCUT2D eigenvalue weighted by atomic mass is 9.81. The lowest BCUT2D eigenvalue weighted by Gasteiger charge is -2.51. The third-order valence-corrected chi connectivity index (χ3v) is 8.26. The van der Waals surface area contributed by atoms with Crippen LogP contribution in [0.15, 0.2) is 30.3 Å². The average Bonchev–Trinajstić information content (AvgIpc) is 3.42. The van der Waals surface area contributed by atoms with Crippen molar-refractivity contribution in [1.29, 1.82) is 0 Å². The molecule has 2 N–H and O–H groups in total. The second kappa shape index (κ2) is 13.3. The van der Waals surface area contributed by atoms with Crippen LogP contribution >= 0.6 is 0 Å². The van der Waals surface area contributed by atoms with Crippen LogP contribution in [0.2, 0.25) is 0 Å². The largest absolute Gasteiger partial charge is 0.446 e. The number of nitrogens with one attached hydrogen (secondary N) is 2. The quantitative estimate of drug-likeness (QED) is 0.442. The normalized spacial score (nSPS) is 22.3. The molecule has 204 valence electrons. The van der Waals surface area contributed by atoms with Gasteiger partial charge in [0.25, 0.3) is 0 Å². The van der Waals surface area contributed by atoms with Crippen LogP contribution in [0.1, 0.15) is 76.7 Å². The van der Waals surface area contributed by atoms with E-state index in [2.05, 4.69) is 46.7 Å². The Bertz CT molecular complexity index is 894. The Morgan fingerprint density at radius 1 is 1.08 bits per heavy atom. The molecule has 3 amide bonds. The Hall–Kier alpha value is -2.61. The van der Waals surface area contributed by atoms with Crippen LogP contribution in [0.25, 0.3) is 0 Å². The van der Waals surface area contributed by atoms with Crippen LogP contribution in [-0.2, 0) is 20.7 Å². The second-order valence-corrected chi connectivity index (χ2v) is 10.9. The number of rotatable bonds is 11. The molecule has 1 atom stereocenters. The molecule has 3 aliphatic rings. The summed E-state index contributed by atoms with van der Waals surface area (Å²) < 4.78 is 5.42. The molecule has 2 aliphatic heterocycles. The summed E-state index contributed by atoms with van der Waals surface area (Å²) in [7, 11) is 0. The molecule has 1 saturated carbocycles. The zero-order chi connectivity index (χ0) is 26.1. The first-order valence-electron chi connectivity index (χ1n) is 14.3. The van der Waals surface area contributed by atoms with Crippen LogP contribution in [0, 0.1) is 0 Å². The maximum atomic E-state index is 13.5. The smallest absolute Gasteiger partial charge is 0.407 e. The standard InChI is InChI=1S/C29H44N4O4/c1-2-19-33-26(34)25(14-8-9-18-30-28(36)37-24-12-6-7-13-24)31-27(35)29(33)16-21-32(22-17-29)20-15-23-10-4-3-5-11-23/h3-5,10-11,24-25H,2,6-9,12-22H2,1H3,(H,30,36)(H,31,35)/t25-/m0/s1. The first-order chi connectivity index (χ1) is 18.0. The number of likely N-dealkylation sites (tertiary alicyclic amines) is 1. The Labute approximate surface area is 221 Å². The van der Waals surface area contributed by atoms with Gasteiger partial charge in [0.2, 0.25) is 11.8 Å². The van der Waals surface area contributed by atoms with E-state index in [9.17, 15) is 14.4 Å². The van der Waals surface area contributed by atoms with Crippen molar-refractivity contribution in [2.75, 3.05) is 32.7 Å². The van der Waals surface area contributed by atoms with Gasteiger partial charge in [-0.05, 0) is 76.2 Å². The topological polar surface area (TPSA) is 91.0 Å². The van der Waals surface area contributed by atoms with Crippen molar-refractivity contribution < 1.29 is 19.1 Å². The van der Waals surface area contributed by atoms with Gasteiger partial charge in [-0.3, -0.25) is 9.59 Å². The predicted molar refractivity (Wildman–Crippen MR) is 143 cm³/mol. The Morgan fingerprint density at radius 3 is 2.51 bits per heavy atom. The van der Waals surface area contributed by atoms with Crippen molar-refractivity contribution in [2.24, 2.45) is 0 Å². The molecule has 2 saturated heterocycles. The highest BCUT2D eigenvalue weighted by Gasteiger charge is 2.52. The molecule has 3 fully saturated rings. The van der Waals surface area contributed by atoms with E-state index in [0.717, 1.165) is 71.0 Å². The number of nitrogens with zero attached hydrogens (tertiary/aromatic N) is 2. The third kappa shape index (κ3) is 7.03. The highest BCUT2D eigenvalue weighted by Crippen LogP contribution is 2.34. The number of unbranched alkanes of at least 4 members (excludes halogenated alkanes) is 1. The Morgan fingerprint density at radius 2 is 1.81 bits per heavy atom. The van der Waals surface area contributed by atoms with E-state index in [1.54, 1.807) is 0 Å². The van der Waals surface area contributed by atoms with E-state index in [0.29, 0.717) is 32.4 Å². The van der Waals surface area contributed by atoms with Crippen LogP contribution in [-0.4, -0.2) is 78.1 Å². The minimum absolute atomic E-state index is 0.00604. The summed E-state index contributed by atoms with van der Waals surface area (Å²) in [5.74, 6) is 0.0549. The first kappa shape index (κ1) is 27.4. The van der Waals surface area contributed by atoms with Crippen molar-refractivity contribution in [3.63, 3.8) is 0 Å². The van der Waals surface area contributed by atoms with Crippen molar-refractivity contribution >= 4 is 17.9 Å². The monoisotopic (exact) mass is 512 g/mol. The van der Waals surface area contributed by atoms with Crippen LogP contribution in [0.3, 0.4) is 0 Å². The molecule has 1 aliphatic carbocycles. The Balaban J connectivity index is 1.23. The van der Waals surface area contributed by atoms with Crippen molar-refractivity contribution in [3.8, 4) is 0 Å². The third-order valence-electron chi connectivity index (χ3n) is 8.26. The average molecular weight is 513 g/mol. The number of benzene rings is 1. The van der Waals surface area contributed by atoms with Gasteiger partial charge in [0.1, 0.15) is 17.7 Å². The van der Waals surface area contributed by atoms with Crippen LogP contribution in [0.4, 0.5) is 4.79 Å². The highest BCUT2D eigenvalue weighted by molar-refractivity contribution is 6.00. The maximum absolute atomic E-state index is 13.5. The minimum atomic E-state index is -0.724. The SMILES string of the molecule is CCCN1C(=O)[C@H](CCCCNC(=O)OC2CCCC2)NC(=O)C12CCN(CCc1ccccc1)CC2. The molecule has 4 rings (SSSR count). The fourth-order valence-corrected chi connectivity index (χ4v) is 6.06. The van der Waals surface area contributed by atoms with Gasteiger partial charge in [0, 0.05) is 32.7 Å². The van der Waals surface area contributed by atoms with E-state index in [4.69, 9.17) is 4.74 Å². The van der Waals surface area contributed by atoms with Crippen LogP contribution < -0.4 is 10.6 Å². The fourth-order valence-electron chi connectivity index (χ4n) is 6.06. The van der Waals surface area contributed by atoms with E-state index in [-0.39, 0.29) is 24.0 Å². The molecule has 1 aromatic carbocycles. The number of alkyl carbamates (subject to hydrolysis) is 1. The van der Waals surface area contributed by atoms with Gasteiger partial charge in [-0.2, -0.15) is 0 Å². The number of hydrogen-bond acceptors (Lipinski definition) is 5. The van der Waals surface area contributed by atoms with Crippen molar-refractivity contribution in [1.82, 2.24) is 20.4 Å². The van der Waals surface area contributed by atoms with E-state index in [1.165, 1.54) is 5.56 Å². The molecular weight excluding hydrogens is 468 g/mol. The number of ether oxygens (including phenoxy) is 1. The number of piperazine rings is 1. The van der Waals surface area contributed by atoms with Gasteiger partial charge in [-0.25, -0.2) is 4.79 Å². The highest BCUT2D eigenvalue weighted by atomic mass is 16.6. The summed E-state index contributed by atoms with van der Waals surface area (Å²) in [5, 5.41) is 5.89. The van der Waals surface area contributed by atoms with Crippen molar-refractivity contribution in [3.05, 3.63) is 35.9 Å². The second-order valence-electron chi connectivity index (χ2n) is 10.9. The van der Waals surface area contributed by atoms with Crippen LogP contribution in [0.5, 0.6) is 0 Å². The summed E-state index contributed by atoms with van der Waals surface area (Å²) in [5.41, 5.74) is 0.600. The van der Waals surface area contributed by atoms with Gasteiger partial charge < -0.3 is 25.2 Å². The molecule has 0 bridgehead atoms. The zero-order valence-electron chi connectivity index (χ0n) is 22.4. The summed E-state index contributed by atoms with van der Waals surface area (Å²) in [6.07, 6.45) is 9.14. The molecule has 0 radical (unpaired) electrons.